The van der Waals surface area contributed by atoms with Crippen molar-refractivity contribution in [3.8, 4) is 39.6 Å². The van der Waals surface area contributed by atoms with E-state index in [0.29, 0.717) is 28.4 Å². The molecule has 0 amide bonds. The SMILES string of the molecule is [2H]c1c([2H])c([2H])c(-c2cc(-c3cccc4c5ccccc5c5ccccc5c5cccc6c5n(c34)[CH-]N6c3[c-]c(Oc4[c-]c5c(cc4)c4ccccc4n5-c4cc(C([2H])([2H])C(C)(C)C)ccn4)ccc3)cc(C(C)(C)C)c2)c([2H])c1[2H].[Pt]. The first-order valence-electron chi connectivity index (χ1n) is 28.5. The fraction of sp³-hybridized carbons (Fsp3) is 0.130. The molecule has 1 aliphatic heterocycles. The van der Waals surface area contributed by atoms with E-state index in [2.05, 4.69) is 146 Å². The standard InChI is InChI=1S/C69H55N4O.Pt/c1-68(2,3)43-45-35-36-70-65(37-45)73-62-31-15-14-27-58(62)59-34-33-52(42-64(59)73)74-51-22-16-21-50(41-51)71-44-72-66-53(48-38-47(46-19-8-7-9-20-46)39-49(40-48)69(4,5)6)28-17-29-60(66)56-25-12-10-23-54(56)55-24-11-13-26-57(55)61-30-18-32-63(71)67(61)72;/h7-40,44H,43H2,1-6H3;/q-3;/i7D,8D,9D,19D,20D,43D2;. The van der Waals surface area contributed by atoms with Crippen LogP contribution in [0, 0.1) is 24.2 Å². The van der Waals surface area contributed by atoms with E-state index in [1.54, 1.807) is 12.3 Å². The summed E-state index contributed by atoms with van der Waals surface area (Å²) in [5, 5.41) is 8.21. The van der Waals surface area contributed by atoms with Crippen molar-refractivity contribution in [2.45, 2.75) is 53.3 Å². The molecule has 0 spiro atoms. The summed E-state index contributed by atoms with van der Waals surface area (Å²) in [5.41, 5.74) is 7.95. The zero-order valence-corrected chi connectivity index (χ0v) is 44.6. The van der Waals surface area contributed by atoms with Crippen LogP contribution in [0.3, 0.4) is 0 Å². The summed E-state index contributed by atoms with van der Waals surface area (Å²) in [7, 11) is 0. The van der Waals surface area contributed by atoms with Gasteiger partial charge in [-0.25, -0.2) is 4.98 Å². The number of pyridine rings is 1. The van der Waals surface area contributed by atoms with E-state index in [0.717, 1.165) is 93.2 Å². The maximum atomic E-state index is 9.09. The summed E-state index contributed by atoms with van der Waals surface area (Å²) in [6.45, 7) is 14.2. The van der Waals surface area contributed by atoms with Crippen LogP contribution in [0.1, 0.15) is 62.3 Å². The molecular formula is C69H55N4OPt-3. The van der Waals surface area contributed by atoms with Crippen LogP contribution >= 0.6 is 0 Å². The first kappa shape index (κ1) is 40.3. The first-order chi connectivity index (χ1) is 38.8. The van der Waals surface area contributed by atoms with Crippen LogP contribution < -0.4 is 9.64 Å². The Morgan fingerprint density at radius 2 is 1.20 bits per heavy atom. The van der Waals surface area contributed by atoms with Crippen molar-refractivity contribution in [2.75, 3.05) is 4.90 Å². The average Bonchev–Trinajstić information content (AvgIpc) is 4.05. The summed E-state index contributed by atoms with van der Waals surface area (Å²) in [4.78, 5) is 6.94. The Morgan fingerprint density at radius 3 is 1.92 bits per heavy atom. The molecule has 0 unspecified atom stereocenters. The smallest absolute Gasteiger partial charge is 0.135 e. The molecule has 4 heterocycles. The monoisotopic (exact) mass is 1160 g/mol. The fourth-order valence-corrected chi connectivity index (χ4v) is 10.7. The van der Waals surface area contributed by atoms with Crippen molar-refractivity contribution < 1.29 is 35.4 Å². The Morgan fingerprint density at radius 1 is 0.573 bits per heavy atom. The van der Waals surface area contributed by atoms with Crippen molar-refractivity contribution in [1.82, 2.24) is 14.1 Å². The molecule has 0 atom stereocenters. The third kappa shape index (κ3) is 8.60. The van der Waals surface area contributed by atoms with Crippen LogP contribution in [-0.4, -0.2) is 14.1 Å². The van der Waals surface area contributed by atoms with Gasteiger partial charge in [-0.05, 0) is 136 Å². The maximum Gasteiger partial charge on any atom is 0.135 e. The minimum Gasteiger partial charge on any atom is -0.509 e. The summed E-state index contributed by atoms with van der Waals surface area (Å²) in [6, 6.07) is 62.9. The molecule has 6 heteroatoms. The van der Waals surface area contributed by atoms with E-state index in [9.17, 15) is 0 Å². The third-order valence-corrected chi connectivity index (χ3v) is 13.9. The van der Waals surface area contributed by atoms with Crippen molar-refractivity contribution >= 4 is 76.5 Å². The van der Waals surface area contributed by atoms with Crippen LogP contribution in [0.25, 0.3) is 93.2 Å². The Labute approximate surface area is 463 Å². The molecule has 0 N–H and O–H groups in total. The molecule has 12 aromatic rings. The second-order valence-corrected chi connectivity index (χ2v) is 21.1. The van der Waals surface area contributed by atoms with Crippen molar-refractivity contribution in [2.24, 2.45) is 5.41 Å². The van der Waals surface area contributed by atoms with Gasteiger partial charge in [-0.3, -0.25) is 0 Å². The van der Waals surface area contributed by atoms with Gasteiger partial charge in [-0.1, -0.05) is 192 Å². The summed E-state index contributed by atoms with van der Waals surface area (Å²) >= 11 is 0. The molecule has 0 aliphatic carbocycles. The largest absolute Gasteiger partial charge is 0.509 e. The second-order valence-electron chi connectivity index (χ2n) is 21.1. The molecule has 370 valence electrons. The molecule has 0 fully saturated rings. The van der Waals surface area contributed by atoms with E-state index in [-0.39, 0.29) is 56.2 Å². The average molecular weight is 1160 g/mol. The molecule has 3 aromatic heterocycles. The van der Waals surface area contributed by atoms with E-state index in [4.69, 9.17) is 19.3 Å². The predicted octanol–water partition coefficient (Wildman–Crippen LogP) is 18.4. The number of rotatable bonds is 7. The third-order valence-electron chi connectivity index (χ3n) is 13.9. The Balaban J connectivity index is 0.00000665. The number of hydrogen-bond donors (Lipinski definition) is 0. The zero-order chi connectivity index (χ0) is 56.4. The van der Waals surface area contributed by atoms with Gasteiger partial charge >= 0.3 is 0 Å². The van der Waals surface area contributed by atoms with Gasteiger partial charge in [-0.2, -0.15) is 12.1 Å². The van der Waals surface area contributed by atoms with E-state index >= 15 is 0 Å². The molecule has 0 saturated heterocycles. The fourth-order valence-electron chi connectivity index (χ4n) is 10.7. The molecule has 0 bridgehead atoms. The Kier molecular flexibility index (Phi) is 10.0. The zero-order valence-electron chi connectivity index (χ0n) is 49.3. The van der Waals surface area contributed by atoms with Gasteiger partial charge in [0.2, 0.25) is 0 Å². The number of fused-ring (bicyclic) bond motifs is 10. The van der Waals surface area contributed by atoms with Gasteiger partial charge in [0.15, 0.2) is 0 Å². The quantitative estimate of drug-likeness (QED) is 0.149. The van der Waals surface area contributed by atoms with Gasteiger partial charge < -0.3 is 18.8 Å². The molecular weight excluding hydrogens is 1100 g/mol. The number of para-hydroxylation sites is 3. The molecule has 1 aliphatic rings. The molecule has 75 heavy (non-hydrogen) atoms. The second kappa shape index (κ2) is 18.7. The van der Waals surface area contributed by atoms with E-state index in [1.807, 2.05) is 92.1 Å². The van der Waals surface area contributed by atoms with E-state index in [1.165, 1.54) is 0 Å². The number of benzene rings is 9. The number of hydrogen-bond acceptors (Lipinski definition) is 3. The maximum absolute atomic E-state index is 9.09. The van der Waals surface area contributed by atoms with Gasteiger partial charge in [-0.15, -0.1) is 35.7 Å². The summed E-state index contributed by atoms with van der Waals surface area (Å²) < 4.78 is 73.2. The van der Waals surface area contributed by atoms with Crippen molar-refractivity contribution in [3.63, 3.8) is 0 Å². The Bertz CT molecular complexity index is 4660. The summed E-state index contributed by atoms with van der Waals surface area (Å²) in [5.74, 6) is 1.51. The van der Waals surface area contributed by atoms with Crippen LogP contribution in [0.5, 0.6) is 11.5 Å². The van der Waals surface area contributed by atoms with Crippen molar-refractivity contribution in [1.29, 1.82) is 0 Å². The normalized spacial score (nSPS) is 13.9. The van der Waals surface area contributed by atoms with Crippen LogP contribution in [-0.2, 0) is 32.9 Å². The number of nitrogens with zero attached hydrogens (tertiary/aromatic N) is 4. The molecule has 13 rings (SSSR count). The number of aromatic nitrogens is 3. The first-order valence-corrected chi connectivity index (χ1v) is 25.0. The number of anilines is 2. The van der Waals surface area contributed by atoms with Gasteiger partial charge in [0, 0.05) is 52.7 Å². The molecule has 9 aromatic carbocycles. The van der Waals surface area contributed by atoms with Gasteiger partial charge in [0.1, 0.15) is 5.82 Å². The van der Waals surface area contributed by atoms with E-state index < -0.39 is 17.8 Å². The summed E-state index contributed by atoms with van der Waals surface area (Å²) in [6.07, 6.45) is 0.0404. The van der Waals surface area contributed by atoms with Crippen molar-refractivity contribution in [3.05, 3.63) is 236 Å². The molecule has 5 nitrogen and oxygen atoms in total. The minimum absolute atomic E-state index is 0. The molecule has 0 saturated carbocycles. The molecule has 0 radical (unpaired) electrons. The van der Waals surface area contributed by atoms with Crippen LogP contribution in [0.4, 0.5) is 11.4 Å². The van der Waals surface area contributed by atoms with Crippen LogP contribution in [0.15, 0.2) is 206 Å². The van der Waals surface area contributed by atoms with Gasteiger partial charge in [0.25, 0.3) is 0 Å². The number of ether oxygens (including phenoxy) is 1. The van der Waals surface area contributed by atoms with Crippen LogP contribution in [0.2, 0.25) is 0 Å². The van der Waals surface area contributed by atoms with Gasteiger partial charge in [0.05, 0.1) is 6.85 Å². The predicted molar refractivity (Wildman–Crippen MR) is 309 cm³/mol. The Hall–Kier alpha value is -8.11. The minimum atomic E-state index is -1.63. The topological polar surface area (TPSA) is 35.2 Å².